The molecule has 2 N–H and O–H groups in total. The van der Waals surface area contributed by atoms with Crippen molar-refractivity contribution >= 4 is 11.6 Å². The van der Waals surface area contributed by atoms with Gasteiger partial charge < -0.3 is 20.1 Å². The van der Waals surface area contributed by atoms with E-state index < -0.39 is 0 Å². The molecule has 110 valence electrons. The SMILES string of the molecule is COc1ccc(NC(=O)CNCC2CCCCO2)cc1. The number of carbonyl (C=O) groups excluding carboxylic acids is 1. The molecule has 0 saturated carbocycles. The number of anilines is 1. The molecule has 1 aromatic rings. The third-order valence-electron chi connectivity index (χ3n) is 3.31. The minimum absolute atomic E-state index is 0.0500. The smallest absolute Gasteiger partial charge is 0.238 e. The average Bonchev–Trinajstić information content (AvgIpc) is 2.49. The largest absolute Gasteiger partial charge is 0.497 e. The standard InChI is InChI=1S/C15H22N2O3/c1-19-13-7-5-12(6-8-13)17-15(18)11-16-10-14-4-2-3-9-20-14/h5-8,14,16H,2-4,9-11H2,1H3,(H,17,18). The summed E-state index contributed by atoms with van der Waals surface area (Å²) in [5.41, 5.74) is 0.770. The van der Waals surface area contributed by atoms with E-state index in [1.54, 1.807) is 7.11 Å². The van der Waals surface area contributed by atoms with Gasteiger partial charge in [0.2, 0.25) is 5.91 Å². The molecule has 5 heteroatoms. The van der Waals surface area contributed by atoms with Crippen LogP contribution >= 0.6 is 0 Å². The van der Waals surface area contributed by atoms with Gasteiger partial charge in [-0.25, -0.2) is 0 Å². The molecule has 1 atom stereocenters. The Morgan fingerprint density at radius 3 is 2.80 bits per heavy atom. The van der Waals surface area contributed by atoms with Gasteiger partial charge in [-0.2, -0.15) is 0 Å². The van der Waals surface area contributed by atoms with Gasteiger partial charge in [0.1, 0.15) is 5.75 Å². The fourth-order valence-corrected chi connectivity index (χ4v) is 2.19. The highest BCUT2D eigenvalue weighted by Gasteiger charge is 2.13. The van der Waals surface area contributed by atoms with Gasteiger partial charge >= 0.3 is 0 Å². The number of nitrogens with one attached hydrogen (secondary N) is 2. The molecule has 1 unspecified atom stereocenters. The molecule has 1 aliphatic rings. The van der Waals surface area contributed by atoms with Gasteiger partial charge in [0, 0.05) is 18.8 Å². The molecular formula is C15H22N2O3. The summed E-state index contributed by atoms with van der Waals surface area (Å²) in [4.78, 5) is 11.8. The molecule has 0 radical (unpaired) electrons. The van der Waals surface area contributed by atoms with Crippen LogP contribution in [0, 0.1) is 0 Å². The second kappa shape index (κ2) is 7.87. The van der Waals surface area contributed by atoms with Crippen LogP contribution in [-0.2, 0) is 9.53 Å². The first-order valence-corrected chi connectivity index (χ1v) is 7.04. The Hall–Kier alpha value is -1.59. The number of hydrogen-bond donors (Lipinski definition) is 2. The summed E-state index contributed by atoms with van der Waals surface area (Å²) < 4.78 is 10.7. The minimum atomic E-state index is -0.0500. The molecule has 1 aliphatic heterocycles. The maximum atomic E-state index is 11.8. The number of carbonyl (C=O) groups is 1. The molecule has 2 rings (SSSR count). The molecule has 1 amide bonds. The summed E-state index contributed by atoms with van der Waals surface area (Å²) in [6.07, 6.45) is 3.68. The third kappa shape index (κ3) is 4.83. The second-order valence-electron chi connectivity index (χ2n) is 4.90. The van der Waals surface area contributed by atoms with Gasteiger partial charge in [0.25, 0.3) is 0 Å². The summed E-state index contributed by atoms with van der Waals surface area (Å²) in [5.74, 6) is 0.724. The van der Waals surface area contributed by atoms with Crippen LogP contribution < -0.4 is 15.4 Å². The molecule has 0 spiro atoms. The van der Waals surface area contributed by atoms with E-state index in [9.17, 15) is 4.79 Å². The van der Waals surface area contributed by atoms with E-state index in [1.165, 1.54) is 6.42 Å². The van der Waals surface area contributed by atoms with Gasteiger partial charge in [-0.05, 0) is 43.5 Å². The fourth-order valence-electron chi connectivity index (χ4n) is 2.19. The Bertz CT molecular complexity index is 414. The van der Waals surface area contributed by atoms with E-state index in [-0.39, 0.29) is 12.0 Å². The lowest BCUT2D eigenvalue weighted by molar-refractivity contribution is -0.115. The van der Waals surface area contributed by atoms with Gasteiger partial charge in [-0.3, -0.25) is 4.79 Å². The summed E-state index contributed by atoms with van der Waals surface area (Å²) >= 11 is 0. The van der Waals surface area contributed by atoms with Crippen molar-refractivity contribution < 1.29 is 14.3 Å². The molecule has 0 aliphatic carbocycles. The topological polar surface area (TPSA) is 59.6 Å². The number of methoxy groups -OCH3 is 1. The maximum Gasteiger partial charge on any atom is 0.238 e. The van der Waals surface area contributed by atoms with E-state index in [0.29, 0.717) is 6.54 Å². The Labute approximate surface area is 119 Å². The Morgan fingerprint density at radius 1 is 1.35 bits per heavy atom. The van der Waals surface area contributed by atoms with Crippen LogP contribution in [0.1, 0.15) is 19.3 Å². The highest BCUT2D eigenvalue weighted by atomic mass is 16.5. The van der Waals surface area contributed by atoms with Crippen LogP contribution in [0.5, 0.6) is 5.75 Å². The summed E-state index contributed by atoms with van der Waals surface area (Å²) in [6.45, 7) is 1.87. The zero-order valence-electron chi connectivity index (χ0n) is 11.9. The van der Waals surface area contributed by atoms with Crippen LogP contribution in [0.4, 0.5) is 5.69 Å². The highest BCUT2D eigenvalue weighted by Crippen LogP contribution is 2.14. The number of benzene rings is 1. The van der Waals surface area contributed by atoms with Gasteiger partial charge in [0.15, 0.2) is 0 Å². The van der Waals surface area contributed by atoms with Crippen molar-refractivity contribution in [1.82, 2.24) is 5.32 Å². The second-order valence-corrected chi connectivity index (χ2v) is 4.90. The van der Waals surface area contributed by atoms with Crippen LogP contribution in [0.2, 0.25) is 0 Å². The van der Waals surface area contributed by atoms with Crippen LogP contribution in [-0.4, -0.2) is 38.8 Å². The number of rotatable bonds is 6. The van der Waals surface area contributed by atoms with E-state index >= 15 is 0 Å². The van der Waals surface area contributed by atoms with Gasteiger partial charge in [0.05, 0.1) is 19.8 Å². The zero-order valence-corrected chi connectivity index (χ0v) is 11.9. The van der Waals surface area contributed by atoms with Crippen molar-refractivity contribution in [2.75, 3.05) is 32.1 Å². The van der Waals surface area contributed by atoms with Crippen molar-refractivity contribution in [3.05, 3.63) is 24.3 Å². The first-order valence-electron chi connectivity index (χ1n) is 7.04. The Morgan fingerprint density at radius 2 is 2.15 bits per heavy atom. The lowest BCUT2D eigenvalue weighted by Crippen LogP contribution is -2.36. The molecule has 0 bridgehead atoms. The van der Waals surface area contributed by atoms with Crippen molar-refractivity contribution in [2.45, 2.75) is 25.4 Å². The molecule has 1 fully saturated rings. The summed E-state index contributed by atoms with van der Waals surface area (Å²) in [5, 5.41) is 5.97. The molecule has 0 aromatic heterocycles. The summed E-state index contributed by atoms with van der Waals surface area (Å²) in [7, 11) is 1.62. The van der Waals surface area contributed by atoms with Crippen molar-refractivity contribution in [1.29, 1.82) is 0 Å². The minimum Gasteiger partial charge on any atom is -0.497 e. The Kier molecular flexibility index (Phi) is 5.83. The van der Waals surface area contributed by atoms with E-state index in [4.69, 9.17) is 9.47 Å². The molecule has 1 aromatic carbocycles. The molecular weight excluding hydrogens is 256 g/mol. The molecule has 1 saturated heterocycles. The van der Waals surface area contributed by atoms with E-state index in [2.05, 4.69) is 10.6 Å². The van der Waals surface area contributed by atoms with E-state index in [1.807, 2.05) is 24.3 Å². The first-order chi connectivity index (χ1) is 9.78. The third-order valence-corrected chi connectivity index (χ3v) is 3.31. The van der Waals surface area contributed by atoms with Gasteiger partial charge in [-0.15, -0.1) is 0 Å². The van der Waals surface area contributed by atoms with Crippen LogP contribution in [0.15, 0.2) is 24.3 Å². The Balaban J connectivity index is 1.66. The number of hydrogen-bond acceptors (Lipinski definition) is 4. The number of amides is 1. The van der Waals surface area contributed by atoms with Crippen molar-refractivity contribution in [2.24, 2.45) is 0 Å². The molecule has 1 heterocycles. The predicted octanol–water partition coefficient (Wildman–Crippen LogP) is 1.79. The van der Waals surface area contributed by atoms with Crippen LogP contribution in [0.3, 0.4) is 0 Å². The number of ether oxygens (including phenoxy) is 2. The fraction of sp³-hybridized carbons (Fsp3) is 0.533. The predicted molar refractivity (Wildman–Crippen MR) is 78.1 cm³/mol. The first kappa shape index (κ1) is 14.8. The normalized spacial score (nSPS) is 18.6. The molecule has 5 nitrogen and oxygen atoms in total. The maximum absolute atomic E-state index is 11.8. The lowest BCUT2D eigenvalue weighted by Gasteiger charge is -2.22. The van der Waals surface area contributed by atoms with Gasteiger partial charge in [-0.1, -0.05) is 0 Å². The van der Waals surface area contributed by atoms with Crippen LogP contribution in [0.25, 0.3) is 0 Å². The van der Waals surface area contributed by atoms with Crippen molar-refractivity contribution in [3.8, 4) is 5.75 Å². The summed E-state index contributed by atoms with van der Waals surface area (Å²) in [6, 6.07) is 7.28. The quantitative estimate of drug-likeness (QED) is 0.833. The lowest BCUT2D eigenvalue weighted by atomic mass is 10.1. The monoisotopic (exact) mass is 278 g/mol. The molecule has 20 heavy (non-hydrogen) atoms. The zero-order chi connectivity index (χ0) is 14.2. The average molecular weight is 278 g/mol. The van der Waals surface area contributed by atoms with E-state index in [0.717, 1.165) is 37.4 Å². The highest BCUT2D eigenvalue weighted by molar-refractivity contribution is 5.92. The van der Waals surface area contributed by atoms with Crippen molar-refractivity contribution in [3.63, 3.8) is 0 Å².